The molecule has 4 heteroatoms. The number of fused-ring (bicyclic) bond motifs is 1. The molecule has 2 rings (SSSR count). The Morgan fingerprint density at radius 3 is 2.25 bits per heavy atom. The van der Waals surface area contributed by atoms with Crippen molar-refractivity contribution >= 4 is 8.53 Å². The smallest absolute Gasteiger partial charge is 0.258 e. The summed E-state index contributed by atoms with van der Waals surface area (Å²) in [6.07, 6.45) is 0. The van der Waals surface area contributed by atoms with E-state index in [0.29, 0.717) is 0 Å². The minimum absolute atomic E-state index is 0.560. The molecular weight excluding hydrogens is 125 g/mol. The van der Waals surface area contributed by atoms with Crippen LogP contribution in [0.2, 0.25) is 0 Å². The highest BCUT2D eigenvalue weighted by molar-refractivity contribution is 7.45. The number of hydrogen-bond acceptors (Lipinski definition) is 3. The van der Waals surface area contributed by atoms with E-state index in [-0.39, 0.29) is 0 Å². The quantitative estimate of drug-likeness (QED) is 0.451. The molecule has 2 saturated heterocycles. The molecule has 0 aromatic carbocycles. The van der Waals surface area contributed by atoms with Crippen molar-refractivity contribution in [3.05, 3.63) is 0 Å². The fraction of sp³-hybridized carbons (Fsp3) is 1.00. The Bertz CT molecular complexity index is 80.0. The second kappa shape index (κ2) is 1.92. The van der Waals surface area contributed by atoms with Crippen molar-refractivity contribution in [1.29, 1.82) is 0 Å². The Hall–Kier alpha value is 0.310. The van der Waals surface area contributed by atoms with Crippen LogP contribution in [0, 0.1) is 0 Å². The van der Waals surface area contributed by atoms with Crippen LogP contribution in [0.3, 0.4) is 0 Å². The summed E-state index contributed by atoms with van der Waals surface area (Å²) in [7, 11) is -0.560. The minimum atomic E-state index is -0.560. The zero-order chi connectivity index (χ0) is 5.40. The first-order chi connectivity index (χ1) is 3.97. The van der Waals surface area contributed by atoms with Crippen LogP contribution >= 0.6 is 8.53 Å². The van der Waals surface area contributed by atoms with Gasteiger partial charge in [-0.25, -0.2) is 4.67 Å². The Balaban J connectivity index is 2.04. The van der Waals surface area contributed by atoms with Gasteiger partial charge in [-0.05, 0) is 0 Å². The summed E-state index contributed by atoms with van der Waals surface area (Å²) in [5.74, 6) is 0. The largest absolute Gasteiger partial charge is 0.321 e. The molecule has 2 fully saturated rings. The van der Waals surface area contributed by atoms with Gasteiger partial charge in [-0.1, -0.05) is 0 Å². The lowest BCUT2D eigenvalue weighted by molar-refractivity contribution is 0.289. The van der Waals surface area contributed by atoms with Crippen molar-refractivity contribution in [2.75, 3.05) is 26.3 Å². The highest BCUT2D eigenvalue weighted by Gasteiger charge is 2.32. The zero-order valence-corrected chi connectivity index (χ0v) is 5.43. The fourth-order valence-electron chi connectivity index (χ4n) is 0.924. The third-order valence-corrected chi connectivity index (χ3v) is 3.00. The second-order valence-electron chi connectivity index (χ2n) is 1.86. The van der Waals surface area contributed by atoms with Crippen molar-refractivity contribution in [2.24, 2.45) is 0 Å². The van der Waals surface area contributed by atoms with Crippen molar-refractivity contribution in [3.8, 4) is 0 Å². The molecule has 0 radical (unpaired) electrons. The van der Waals surface area contributed by atoms with Crippen LogP contribution in [0.5, 0.6) is 0 Å². The van der Waals surface area contributed by atoms with Gasteiger partial charge in [-0.2, -0.15) is 0 Å². The monoisotopic (exact) mass is 133 g/mol. The van der Waals surface area contributed by atoms with Crippen LogP contribution in [0.15, 0.2) is 0 Å². The van der Waals surface area contributed by atoms with Gasteiger partial charge in [0.05, 0.1) is 13.2 Å². The van der Waals surface area contributed by atoms with Crippen LogP contribution in [0.1, 0.15) is 0 Å². The number of nitrogens with zero attached hydrogens (tertiary/aromatic N) is 1. The molecule has 8 heavy (non-hydrogen) atoms. The molecule has 0 amide bonds. The van der Waals surface area contributed by atoms with Crippen LogP contribution in [0.25, 0.3) is 0 Å². The third-order valence-electron chi connectivity index (χ3n) is 1.33. The summed E-state index contributed by atoms with van der Waals surface area (Å²) in [5.41, 5.74) is 0. The predicted molar refractivity (Wildman–Crippen MR) is 30.4 cm³/mol. The van der Waals surface area contributed by atoms with E-state index < -0.39 is 8.53 Å². The van der Waals surface area contributed by atoms with E-state index in [2.05, 4.69) is 4.67 Å². The molecule has 0 saturated carbocycles. The maximum Gasteiger partial charge on any atom is 0.258 e. The molecule has 0 N–H and O–H groups in total. The normalized spacial score (nSPS) is 31.5. The van der Waals surface area contributed by atoms with E-state index in [0.717, 1.165) is 26.3 Å². The maximum absolute atomic E-state index is 5.25. The van der Waals surface area contributed by atoms with Crippen LogP contribution in [-0.2, 0) is 9.05 Å². The third kappa shape index (κ3) is 0.669. The van der Waals surface area contributed by atoms with Gasteiger partial charge >= 0.3 is 0 Å². The summed E-state index contributed by atoms with van der Waals surface area (Å²) in [5, 5.41) is 0. The standard InChI is InChI=1S/C4H8NO2P/c1-3-6-8-5(1)2-4-7-8/h1-4H2. The summed E-state index contributed by atoms with van der Waals surface area (Å²) in [6.45, 7) is 3.88. The van der Waals surface area contributed by atoms with Crippen molar-refractivity contribution in [3.63, 3.8) is 0 Å². The van der Waals surface area contributed by atoms with Gasteiger partial charge in [-0.15, -0.1) is 0 Å². The lowest BCUT2D eigenvalue weighted by Gasteiger charge is -2.05. The summed E-state index contributed by atoms with van der Waals surface area (Å²) in [6, 6.07) is 0. The Kier molecular flexibility index (Phi) is 1.23. The van der Waals surface area contributed by atoms with E-state index in [9.17, 15) is 0 Å². The van der Waals surface area contributed by atoms with Gasteiger partial charge in [0.15, 0.2) is 0 Å². The SMILES string of the molecule is C1CN2CCOP2O1. The van der Waals surface area contributed by atoms with Gasteiger partial charge in [0, 0.05) is 13.1 Å². The van der Waals surface area contributed by atoms with Gasteiger partial charge in [0.25, 0.3) is 8.53 Å². The van der Waals surface area contributed by atoms with Gasteiger partial charge in [-0.3, -0.25) is 0 Å². The fourth-order valence-corrected chi connectivity index (χ4v) is 2.29. The van der Waals surface area contributed by atoms with Gasteiger partial charge in [0.2, 0.25) is 0 Å². The molecule has 2 aliphatic rings. The Morgan fingerprint density at radius 1 is 1.12 bits per heavy atom. The summed E-state index contributed by atoms with van der Waals surface area (Å²) < 4.78 is 12.8. The lowest BCUT2D eigenvalue weighted by Crippen LogP contribution is -2.11. The van der Waals surface area contributed by atoms with Gasteiger partial charge in [0.1, 0.15) is 0 Å². The Morgan fingerprint density at radius 2 is 1.75 bits per heavy atom. The summed E-state index contributed by atoms with van der Waals surface area (Å²) in [4.78, 5) is 0. The van der Waals surface area contributed by atoms with Crippen LogP contribution < -0.4 is 0 Å². The van der Waals surface area contributed by atoms with E-state index in [1.165, 1.54) is 0 Å². The number of hydrogen-bond donors (Lipinski definition) is 0. The van der Waals surface area contributed by atoms with E-state index in [1.807, 2.05) is 0 Å². The maximum atomic E-state index is 5.25. The highest BCUT2D eigenvalue weighted by Crippen LogP contribution is 2.49. The van der Waals surface area contributed by atoms with Crippen LogP contribution in [-0.4, -0.2) is 31.0 Å². The first-order valence-electron chi connectivity index (χ1n) is 2.77. The zero-order valence-electron chi connectivity index (χ0n) is 4.54. The predicted octanol–water partition coefficient (Wildman–Crippen LogP) is 0.576. The van der Waals surface area contributed by atoms with Crippen LogP contribution in [0.4, 0.5) is 0 Å². The van der Waals surface area contributed by atoms with Crippen molar-refractivity contribution < 1.29 is 9.05 Å². The van der Waals surface area contributed by atoms with E-state index >= 15 is 0 Å². The first-order valence-corrected chi connectivity index (χ1v) is 3.91. The molecule has 0 bridgehead atoms. The molecule has 3 nitrogen and oxygen atoms in total. The molecule has 0 aliphatic carbocycles. The minimum Gasteiger partial charge on any atom is -0.321 e. The number of rotatable bonds is 0. The molecule has 46 valence electrons. The van der Waals surface area contributed by atoms with Gasteiger partial charge < -0.3 is 9.05 Å². The van der Waals surface area contributed by atoms with Crippen molar-refractivity contribution in [2.45, 2.75) is 0 Å². The molecule has 2 aliphatic heterocycles. The molecule has 0 aromatic rings. The molecule has 0 unspecified atom stereocenters. The molecule has 2 heterocycles. The molecule has 0 atom stereocenters. The average Bonchev–Trinajstić information content (AvgIpc) is 2.15. The topological polar surface area (TPSA) is 21.7 Å². The average molecular weight is 133 g/mol. The molecular formula is C4H8NO2P. The lowest BCUT2D eigenvalue weighted by atomic mass is 10.6. The van der Waals surface area contributed by atoms with E-state index in [4.69, 9.17) is 9.05 Å². The summed E-state index contributed by atoms with van der Waals surface area (Å²) >= 11 is 0. The van der Waals surface area contributed by atoms with E-state index in [1.54, 1.807) is 0 Å². The van der Waals surface area contributed by atoms with Crippen molar-refractivity contribution in [1.82, 2.24) is 4.67 Å². The second-order valence-corrected chi connectivity index (χ2v) is 3.42. The first kappa shape index (κ1) is 5.12. The Labute approximate surface area is 49.5 Å². The molecule has 0 aromatic heterocycles. The highest BCUT2D eigenvalue weighted by atomic mass is 31.2. The molecule has 0 spiro atoms.